The van der Waals surface area contributed by atoms with Gasteiger partial charge in [-0.3, -0.25) is 4.68 Å². The van der Waals surface area contributed by atoms with Crippen molar-refractivity contribution in [1.29, 1.82) is 0 Å². The molecule has 0 radical (unpaired) electrons. The van der Waals surface area contributed by atoms with Crippen molar-refractivity contribution in [2.45, 2.75) is 47.0 Å². The largest absolute Gasteiger partial charge is 0.316 e. The maximum Gasteiger partial charge on any atom is 0.0630 e. The number of rotatable bonds is 8. The van der Waals surface area contributed by atoms with Crippen LogP contribution in [0.2, 0.25) is 0 Å². The summed E-state index contributed by atoms with van der Waals surface area (Å²) in [4.78, 5) is 0. The van der Waals surface area contributed by atoms with Crippen molar-refractivity contribution in [3.05, 3.63) is 18.0 Å². The van der Waals surface area contributed by atoms with E-state index in [1.54, 1.807) is 0 Å². The summed E-state index contributed by atoms with van der Waals surface area (Å²) in [6.45, 7) is 11.3. The van der Waals surface area contributed by atoms with E-state index in [4.69, 9.17) is 0 Å². The van der Waals surface area contributed by atoms with E-state index in [1.165, 1.54) is 18.5 Å². The zero-order valence-electron chi connectivity index (χ0n) is 12.7. The van der Waals surface area contributed by atoms with Crippen LogP contribution in [0, 0.1) is 11.3 Å². The molecule has 0 unspecified atom stereocenters. The minimum atomic E-state index is 0.350. The van der Waals surface area contributed by atoms with Crippen molar-refractivity contribution in [2.24, 2.45) is 18.4 Å². The van der Waals surface area contributed by atoms with Gasteiger partial charge in [-0.05, 0) is 43.2 Å². The highest BCUT2D eigenvalue weighted by Crippen LogP contribution is 2.29. The Hall–Kier alpha value is -0.830. The number of nitrogens with zero attached hydrogens (tertiary/aromatic N) is 2. The third-order valence-electron chi connectivity index (χ3n) is 3.88. The van der Waals surface area contributed by atoms with Crippen molar-refractivity contribution in [3.63, 3.8) is 0 Å². The van der Waals surface area contributed by atoms with Gasteiger partial charge in [-0.1, -0.05) is 27.7 Å². The number of nitrogens with one attached hydrogen (secondary N) is 1. The van der Waals surface area contributed by atoms with E-state index >= 15 is 0 Å². The van der Waals surface area contributed by atoms with Gasteiger partial charge in [0, 0.05) is 19.8 Å². The second kappa shape index (κ2) is 6.93. The van der Waals surface area contributed by atoms with Crippen LogP contribution in [0.4, 0.5) is 0 Å². The van der Waals surface area contributed by atoms with E-state index < -0.39 is 0 Å². The molecule has 0 aromatic carbocycles. The van der Waals surface area contributed by atoms with Gasteiger partial charge in [0.15, 0.2) is 0 Å². The molecule has 18 heavy (non-hydrogen) atoms. The Morgan fingerprint density at radius 2 is 2.00 bits per heavy atom. The Morgan fingerprint density at radius 1 is 1.33 bits per heavy atom. The molecule has 1 aromatic heterocycles. The molecule has 0 bridgehead atoms. The quantitative estimate of drug-likeness (QED) is 0.769. The van der Waals surface area contributed by atoms with Crippen molar-refractivity contribution in [2.75, 3.05) is 13.1 Å². The van der Waals surface area contributed by atoms with Gasteiger partial charge in [0.1, 0.15) is 0 Å². The van der Waals surface area contributed by atoms with Crippen LogP contribution in [0.3, 0.4) is 0 Å². The molecule has 1 aromatic rings. The Labute approximate surface area is 112 Å². The Balaban J connectivity index is 2.61. The molecule has 0 saturated heterocycles. The molecule has 0 aliphatic rings. The molecule has 0 amide bonds. The molecule has 1 rings (SSSR count). The number of aryl methyl sites for hydroxylation is 1. The zero-order valence-corrected chi connectivity index (χ0v) is 12.7. The van der Waals surface area contributed by atoms with Crippen LogP contribution in [0.5, 0.6) is 0 Å². The average Bonchev–Trinajstić information content (AvgIpc) is 2.73. The van der Waals surface area contributed by atoms with Crippen LogP contribution in [0.1, 0.15) is 46.2 Å². The summed E-state index contributed by atoms with van der Waals surface area (Å²) in [5, 5.41) is 8.14. The van der Waals surface area contributed by atoms with Crippen molar-refractivity contribution >= 4 is 0 Å². The summed E-state index contributed by atoms with van der Waals surface area (Å²) in [6.07, 6.45) is 5.51. The van der Waals surface area contributed by atoms with Crippen LogP contribution in [0.15, 0.2) is 12.3 Å². The molecule has 104 valence electrons. The van der Waals surface area contributed by atoms with Gasteiger partial charge >= 0.3 is 0 Å². The zero-order chi connectivity index (χ0) is 13.6. The Kier molecular flexibility index (Phi) is 5.86. The summed E-state index contributed by atoms with van der Waals surface area (Å²) >= 11 is 0. The van der Waals surface area contributed by atoms with Gasteiger partial charge in [-0.15, -0.1) is 0 Å². The summed E-state index contributed by atoms with van der Waals surface area (Å²) in [7, 11) is 1.99. The fourth-order valence-corrected chi connectivity index (χ4v) is 2.38. The third kappa shape index (κ3) is 4.45. The highest BCUT2D eigenvalue weighted by Gasteiger charge is 2.27. The molecule has 0 saturated carbocycles. The average molecular weight is 251 g/mol. The maximum absolute atomic E-state index is 4.52. The number of hydrogen-bond donors (Lipinski definition) is 1. The van der Waals surface area contributed by atoms with Gasteiger partial charge in [-0.25, -0.2) is 0 Å². The van der Waals surface area contributed by atoms with Crippen molar-refractivity contribution in [1.82, 2.24) is 15.1 Å². The minimum Gasteiger partial charge on any atom is -0.316 e. The molecule has 0 spiro atoms. The minimum absolute atomic E-state index is 0.350. The first-order chi connectivity index (χ1) is 8.51. The summed E-state index contributed by atoms with van der Waals surface area (Å²) in [5.41, 5.74) is 1.57. The van der Waals surface area contributed by atoms with Crippen LogP contribution >= 0.6 is 0 Å². The smallest absolute Gasteiger partial charge is 0.0630 e. The van der Waals surface area contributed by atoms with Gasteiger partial charge in [-0.2, -0.15) is 5.10 Å². The fraction of sp³-hybridized carbons (Fsp3) is 0.800. The molecule has 1 heterocycles. The lowest BCUT2D eigenvalue weighted by Gasteiger charge is -2.32. The number of hydrogen-bond acceptors (Lipinski definition) is 2. The SMILES string of the molecule is CCC(CC)(CNCC(C)C)Cc1ccn(C)n1. The topological polar surface area (TPSA) is 29.9 Å². The van der Waals surface area contributed by atoms with Gasteiger partial charge in [0.05, 0.1) is 5.69 Å². The predicted octanol–water partition coefficient (Wildman–Crippen LogP) is 3.01. The third-order valence-corrected chi connectivity index (χ3v) is 3.88. The fourth-order valence-electron chi connectivity index (χ4n) is 2.38. The van der Waals surface area contributed by atoms with Crippen LogP contribution < -0.4 is 5.32 Å². The molecule has 0 aliphatic heterocycles. The molecular formula is C15H29N3. The van der Waals surface area contributed by atoms with E-state index in [9.17, 15) is 0 Å². The second-order valence-corrected chi connectivity index (χ2v) is 5.89. The van der Waals surface area contributed by atoms with Gasteiger partial charge in [0.25, 0.3) is 0 Å². The van der Waals surface area contributed by atoms with Crippen molar-refractivity contribution in [3.8, 4) is 0 Å². The molecule has 0 aliphatic carbocycles. The van der Waals surface area contributed by atoms with E-state index in [-0.39, 0.29) is 0 Å². The van der Waals surface area contributed by atoms with Gasteiger partial charge in [0.2, 0.25) is 0 Å². The lowest BCUT2D eigenvalue weighted by atomic mass is 9.78. The first-order valence-corrected chi connectivity index (χ1v) is 7.20. The van der Waals surface area contributed by atoms with Gasteiger partial charge < -0.3 is 5.32 Å². The first kappa shape index (κ1) is 15.2. The Bertz CT molecular complexity index is 337. The van der Waals surface area contributed by atoms with E-state index in [0.717, 1.165) is 19.5 Å². The first-order valence-electron chi connectivity index (χ1n) is 7.20. The summed E-state index contributed by atoms with van der Waals surface area (Å²) < 4.78 is 1.90. The molecular weight excluding hydrogens is 222 g/mol. The van der Waals surface area contributed by atoms with E-state index in [2.05, 4.69) is 44.2 Å². The molecule has 0 fully saturated rings. The van der Waals surface area contributed by atoms with E-state index in [1.807, 2.05) is 17.9 Å². The summed E-state index contributed by atoms with van der Waals surface area (Å²) in [6, 6.07) is 2.14. The van der Waals surface area contributed by atoms with Crippen LogP contribution in [0.25, 0.3) is 0 Å². The number of aromatic nitrogens is 2. The molecule has 3 nitrogen and oxygen atoms in total. The Morgan fingerprint density at radius 3 is 2.44 bits per heavy atom. The van der Waals surface area contributed by atoms with E-state index in [0.29, 0.717) is 11.3 Å². The highest BCUT2D eigenvalue weighted by atomic mass is 15.2. The summed E-state index contributed by atoms with van der Waals surface area (Å²) in [5.74, 6) is 0.714. The molecule has 1 N–H and O–H groups in total. The van der Waals surface area contributed by atoms with Crippen LogP contribution in [-0.2, 0) is 13.5 Å². The molecule has 0 atom stereocenters. The highest BCUT2D eigenvalue weighted by molar-refractivity contribution is 5.03. The maximum atomic E-state index is 4.52. The lowest BCUT2D eigenvalue weighted by Crippen LogP contribution is -2.37. The van der Waals surface area contributed by atoms with Crippen LogP contribution in [-0.4, -0.2) is 22.9 Å². The standard InChI is InChI=1S/C15H29N3/c1-6-15(7-2,12-16-11-13(3)4)10-14-8-9-18(5)17-14/h8-9,13,16H,6-7,10-12H2,1-5H3. The molecule has 3 heteroatoms. The monoisotopic (exact) mass is 251 g/mol. The second-order valence-electron chi connectivity index (χ2n) is 5.89. The normalized spacial score (nSPS) is 12.3. The van der Waals surface area contributed by atoms with Crippen molar-refractivity contribution < 1.29 is 0 Å². The predicted molar refractivity (Wildman–Crippen MR) is 77.6 cm³/mol. The lowest BCUT2D eigenvalue weighted by molar-refractivity contribution is 0.240.